The van der Waals surface area contributed by atoms with E-state index in [1.54, 1.807) is 18.2 Å². The largest absolute Gasteiger partial charge is 0.379 e. The van der Waals surface area contributed by atoms with Crippen LogP contribution >= 0.6 is 12.6 Å². The minimum absolute atomic E-state index is 0.0520. The van der Waals surface area contributed by atoms with E-state index in [4.69, 9.17) is 0 Å². The van der Waals surface area contributed by atoms with Gasteiger partial charge in [-0.2, -0.15) is 12.6 Å². The molecule has 5 N–H and O–H groups in total. The van der Waals surface area contributed by atoms with Crippen molar-refractivity contribution in [2.75, 3.05) is 38.5 Å². The number of benzene rings is 1. The van der Waals surface area contributed by atoms with E-state index in [0.29, 0.717) is 55.9 Å². The van der Waals surface area contributed by atoms with Gasteiger partial charge in [0.25, 0.3) is 0 Å². The number of ketones is 1. The molecule has 214 valence electrons. The lowest BCUT2D eigenvalue weighted by molar-refractivity contribution is -0.125. The standard InChI is InChI=1S/C28H36N6O5S/c1-19(15-32-26(37)18-40)31-16-25(36)33-17-24(35)29-12-5-6-13-30-28(39)21-11-14-34-22(21)9-10-23(34)27(38)20-7-3-2-4-8-20/h2-4,7-10,21,31,40H,1,5-6,11-18H2,(H,29,35)(H,30,39)(H,32,37)(H,33,36). The molecule has 4 amide bonds. The van der Waals surface area contributed by atoms with Gasteiger partial charge in [0.15, 0.2) is 0 Å². The summed E-state index contributed by atoms with van der Waals surface area (Å²) in [6, 6.07) is 12.7. The second-order valence-corrected chi connectivity index (χ2v) is 9.66. The molecule has 3 rings (SSSR count). The maximum Gasteiger partial charge on any atom is 0.239 e. The van der Waals surface area contributed by atoms with E-state index in [-0.39, 0.29) is 60.7 Å². The average Bonchev–Trinajstić information content (AvgIpc) is 3.58. The average molecular weight is 569 g/mol. The molecule has 0 saturated carbocycles. The van der Waals surface area contributed by atoms with Crippen LogP contribution in [0.5, 0.6) is 0 Å². The summed E-state index contributed by atoms with van der Waals surface area (Å²) in [4.78, 5) is 60.6. The fraction of sp³-hybridized carbons (Fsp3) is 0.393. The number of nitrogens with one attached hydrogen (secondary N) is 5. The molecule has 0 aliphatic carbocycles. The normalized spacial score (nSPS) is 13.6. The van der Waals surface area contributed by atoms with Crippen molar-refractivity contribution >= 4 is 42.0 Å². The van der Waals surface area contributed by atoms with Crippen LogP contribution < -0.4 is 26.6 Å². The van der Waals surface area contributed by atoms with E-state index in [9.17, 15) is 24.0 Å². The lowest BCUT2D eigenvalue weighted by Gasteiger charge is -2.12. The summed E-state index contributed by atoms with van der Waals surface area (Å²) >= 11 is 3.85. The number of hydrogen-bond acceptors (Lipinski definition) is 7. The number of unbranched alkanes of at least 4 members (excludes halogenated alkanes) is 1. The number of aromatic nitrogens is 1. The second-order valence-electron chi connectivity index (χ2n) is 9.35. The van der Waals surface area contributed by atoms with Crippen molar-refractivity contribution in [1.29, 1.82) is 0 Å². The van der Waals surface area contributed by atoms with Gasteiger partial charge in [0.1, 0.15) is 0 Å². The smallest absolute Gasteiger partial charge is 0.239 e. The van der Waals surface area contributed by atoms with Gasteiger partial charge in [0.2, 0.25) is 29.4 Å². The molecule has 0 saturated heterocycles. The van der Waals surface area contributed by atoms with Crippen molar-refractivity contribution in [3.63, 3.8) is 0 Å². The summed E-state index contributed by atoms with van der Waals surface area (Å²) in [5, 5.41) is 13.5. The molecule has 1 aromatic heterocycles. The molecule has 2 aromatic rings. The Morgan fingerprint density at radius 2 is 1.45 bits per heavy atom. The Labute approximate surface area is 238 Å². The molecule has 1 unspecified atom stereocenters. The first kappa shape index (κ1) is 30.5. The molecule has 11 nitrogen and oxygen atoms in total. The molecular formula is C28H36N6O5S. The van der Waals surface area contributed by atoms with Crippen LogP contribution in [0.4, 0.5) is 0 Å². The predicted octanol–water partition coefficient (Wildman–Crippen LogP) is 0.485. The van der Waals surface area contributed by atoms with Gasteiger partial charge in [-0.1, -0.05) is 36.9 Å². The predicted molar refractivity (Wildman–Crippen MR) is 154 cm³/mol. The van der Waals surface area contributed by atoms with Gasteiger partial charge >= 0.3 is 0 Å². The fourth-order valence-corrected chi connectivity index (χ4v) is 4.40. The molecule has 1 atom stereocenters. The molecule has 2 heterocycles. The number of fused-ring (bicyclic) bond motifs is 1. The molecule has 1 aliphatic heterocycles. The summed E-state index contributed by atoms with van der Waals surface area (Å²) < 4.78 is 1.94. The lowest BCUT2D eigenvalue weighted by atomic mass is 10.0. The summed E-state index contributed by atoms with van der Waals surface area (Å²) in [6.45, 7) is 5.17. The molecule has 40 heavy (non-hydrogen) atoms. The third-order valence-corrected chi connectivity index (χ3v) is 6.70. The first-order valence-corrected chi connectivity index (χ1v) is 13.8. The quantitative estimate of drug-likeness (QED) is 0.0986. The molecule has 0 spiro atoms. The van der Waals surface area contributed by atoms with Crippen molar-refractivity contribution < 1.29 is 24.0 Å². The number of nitrogens with zero attached hydrogens (tertiary/aromatic N) is 1. The third kappa shape index (κ3) is 9.01. The van der Waals surface area contributed by atoms with Crippen LogP contribution in [0, 0.1) is 0 Å². The van der Waals surface area contributed by atoms with E-state index in [2.05, 4.69) is 45.8 Å². The van der Waals surface area contributed by atoms with Crippen molar-refractivity contribution in [3.8, 4) is 0 Å². The summed E-state index contributed by atoms with van der Waals surface area (Å²) in [7, 11) is 0. The van der Waals surface area contributed by atoms with E-state index < -0.39 is 0 Å². The third-order valence-electron chi connectivity index (χ3n) is 6.41. The van der Waals surface area contributed by atoms with Gasteiger partial charge in [0, 0.05) is 36.6 Å². The molecule has 0 radical (unpaired) electrons. The van der Waals surface area contributed by atoms with Crippen molar-refractivity contribution in [2.24, 2.45) is 0 Å². The minimum atomic E-state index is -0.380. The Morgan fingerprint density at radius 1 is 0.800 bits per heavy atom. The Kier molecular flexibility index (Phi) is 11.8. The highest BCUT2D eigenvalue weighted by molar-refractivity contribution is 7.81. The summed E-state index contributed by atoms with van der Waals surface area (Å²) in [6.07, 6.45) is 1.99. The summed E-state index contributed by atoms with van der Waals surface area (Å²) in [5.41, 5.74) is 2.54. The van der Waals surface area contributed by atoms with E-state index in [1.165, 1.54) is 0 Å². The Balaban J connectivity index is 1.27. The Bertz CT molecular complexity index is 1230. The van der Waals surface area contributed by atoms with Gasteiger partial charge in [-0.25, -0.2) is 0 Å². The van der Waals surface area contributed by atoms with Crippen LogP contribution in [0.15, 0.2) is 54.7 Å². The first-order valence-electron chi connectivity index (χ1n) is 13.2. The molecule has 0 bridgehead atoms. The molecule has 1 aliphatic rings. The van der Waals surface area contributed by atoms with Gasteiger partial charge < -0.3 is 31.2 Å². The van der Waals surface area contributed by atoms with E-state index in [1.807, 2.05) is 28.8 Å². The van der Waals surface area contributed by atoms with Gasteiger partial charge in [0.05, 0.1) is 37.0 Å². The van der Waals surface area contributed by atoms with Gasteiger partial charge in [-0.3, -0.25) is 24.0 Å². The number of carbonyl (C=O) groups excluding carboxylic acids is 5. The molecule has 12 heteroatoms. The zero-order valence-corrected chi connectivity index (χ0v) is 23.2. The first-order chi connectivity index (χ1) is 19.3. The zero-order valence-electron chi connectivity index (χ0n) is 22.3. The summed E-state index contributed by atoms with van der Waals surface area (Å²) in [5.74, 6) is -1.29. The highest BCUT2D eigenvalue weighted by atomic mass is 32.1. The number of thiol groups is 1. The minimum Gasteiger partial charge on any atom is -0.379 e. The number of amides is 4. The van der Waals surface area contributed by atoms with Crippen molar-refractivity contribution in [3.05, 3.63) is 71.7 Å². The van der Waals surface area contributed by atoms with Gasteiger partial charge in [-0.05, 0) is 31.4 Å². The Hall–Kier alpha value is -4.06. The SMILES string of the molecule is C=C(CNC(=O)CS)NCC(=O)NCC(=O)NCCCCNC(=O)C1CCn2c(C(=O)c3ccccc3)ccc21. The topological polar surface area (TPSA) is 150 Å². The number of carbonyl (C=O) groups is 5. The van der Waals surface area contributed by atoms with Crippen LogP contribution in [-0.2, 0) is 25.7 Å². The molecule has 0 fully saturated rings. The number of hydrogen-bond donors (Lipinski definition) is 6. The second kappa shape index (κ2) is 15.5. The highest BCUT2D eigenvalue weighted by Crippen LogP contribution is 2.31. The highest BCUT2D eigenvalue weighted by Gasteiger charge is 2.31. The Morgan fingerprint density at radius 3 is 2.17 bits per heavy atom. The zero-order chi connectivity index (χ0) is 28.9. The number of rotatable bonds is 16. The van der Waals surface area contributed by atoms with Crippen LogP contribution in [0.25, 0.3) is 0 Å². The maximum atomic E-state index is 12.9. The van der Waals surface area contributed by atoms with E-state index in [0.717, 1.165) is 5.69 Å². The van der Waals surface area contributed by atoms with Crippen LogP contribution in [0.1, 0.15) is 46.9 Å². The van der Waals surface area contributed by atoms with Crippen molar-refractivity contribution in [1.82, 2.24) is 31.2 Å². The van der Waals surface area contributed by atoms with E-state index >= 15 is 0 Å². The maximum absolute atomic E-state index is 12.9. The lowest BCUT2D eigenvalue weighted by Crippen LogP contribution is -2.41. The fourth-order valence-electron chi connectivity index (χ4n) is 4.29. The van der Waals surface area contributed by atoms with Crippen LogP contribution in [0.3, 0.4) is 0 Å². The van der Waals surface area contributed by atoms with Gasteiger partial charge in [-0.15, -0.1) is 0 Å². The molecular weight excluding hydrogens is 532 g/mol. The van der Waals surface area contributed by atoms with Crippen molar-refractivity contribution in [2.45, 2.75) is 31.7 Å². The monoisotopic (exact) mass is 568 g/mol. The van der Waals surface area contributed by atoms with Crippen LogP contribution in [0.2, 0.25) is 0 Å². The molecule has 1 aromatic carbocycles. The van der Waals surface area contributed by atoms with Crippen LogP contribution in [-0.4, -0.2) is 72.5 Å².